The molecular formula is C25H22N4. The number of rotatable bonds is 2. The van der Waals surface area contributed by atoms with Crippen molar-refractivity contribution in [2.45, 2.75) is 6.42 Å². The molecule has 0 aliphatic heterocycles. The third-order valence-electron chi connectivity index (χ3n) is 5.74. The highest BCUT2D eigenvalue weighted by Gasteiger charge is 2.29. The fourth-order valence-corrected chi connectivity index (χ4v) is 4.35. The minimum Gasteiger partial charge on any atom is -0.399 e. The van der Waals surface area contributed by atoms with Crippen LogP contribution in [0, 0.1) is 0 Å². The molecule has 0 amide bonds. The maximum absolute atomic E-state index is 6.67. The minimum atomic E-state index is 0.594. The largest absolute Gasteiger partial charge is 0.399 e. The Morgan fingerprint density at radius 3 is 1.66 bits per heavy atom. The Bertz CT molecular complexity index is 1240. The molecule has 4 heteroatoms. The summed E-state index contributed by atoms with van der Waals surface area (Å²) < 4.78 is 0. The number of anilines is 4. The second kappa shape index (κ2) is 6.31. The van der Waals surface area contributed by atoms with E-state index in [1.807, 2.05) is 54.6 Å². The minimum absolute atomic E-state index is 0.594. The summed E-state index contributed by atoms with van der Waals surface area (Å²) in [6, 6.07) is 24.1. The predicted molar refractivity (Wildman–Crippen MR) is 123 cm³/mol. The summed E-state index contributed by atoms with van der Waals surface area (Å²) in [4.78, 5) is 0. The first-order valence-electron chi connectivity index (χ1n) is 9.58. The molecule has 0 unspecified atom stereocenters. The average Bonchev–Trinajstić information content (AvgIpc) is 3.12. The smallest absolute Gasteiger partial charge is 0.0640 e. The zero-order valence-corrected chi connectivity index (χ0v) is 15.9. The quantitative estimate of drug-likeness (QED) is 0.327. The van der Waals surface area contributed by atoms with Gasteiger partial charge in [-0.25, -0.2) is 0 Å². The van der Waals surface area contributed by atoms with E-state index in [-0.39, 0.29) is 0 Å². The standard InChI is InChI=1S/C25H22N4/c26-17-9-5-14(6-10-17)21-20-13-16-3-1-2-4-19(16)23(20)25(29)24(28)22(21)15-7-11-18(27)12-8-15/h1-12H,13,26-29H2. The topological polar surface area (TPSA) is 104 Å². The average molecular weight is 378 g/mol. The molecule has 1 aliphatic carbocycles. The van der Waals surface area contributed by atoms with Gasteiger partial charge < -0.3 is 22.9 Å². The molecule has 1 aliphatic rings. The van der Waals surface area contributed by atoms with Crippen molar-refractivity contribution < 1.29 is 0 Å². The Hall–Kier alpha value is -3.92. The van der Waals surface area contributed by atoms with Gasteiger partial charge in [0.25, 0.3) is 0 Å². The number of nitrogen functional groups attached to an aromatic ring is 4. The molecule has 0 fully saturated rings. The van der Waals surface area contributed by atoms with Crippen molar-refractivity contribution in [1.82, 2.24) is 0 Å². The van der Waals surface area contributed by atoms with Gasteiger partial charge in [-0.3, -0.25) is 0 Å². The molecule has 142 valence electrons. The fraction of sp³-hybridized carbons (Fsp3) is 0.0400. The summed E-state index contributed by atoms with van der Waals surface area (Å²) in [6.07, 6.45) is 0.817. The zero-order valence-electron chi connectivity index (χ0n) is 15.9. The second-order valence-electron chi connectivity index (χ2n) is 7.51. The maximum atomic E-state index is 6.67. The monoisotopic (exact) mass is 378 g/mol. The summed E-state index contributed by atoms with van der Waals surface area (Å²) >= 11 is 0. The lowest BCUT2D eigenvalue weighted by Gasteiger charge is -2.21. The van der Waals surface area contributed by atoms with Crippen molar-refractivity contribution in [2.75, 3.05) is 22.9 Å². The van der Waals surface area contributed by atoms with Crippen LogP contribution in [0.25, 0.3) is 33.4 Å². The van der Waals surface area contributed by atoms with E-state index in [9.17, 15) is 0 Å². The number of hydrogen-bond donors (Lipinski definition) is 4. The van der Waals surface area contributed by atoms with Gasteiger partial charge in [0, 0.05) is 22.5 Å². The summed E-state index contributed by atoms with van der Waals surface area (Å²) in [6.45, 7) is 0. The van der Waals surface area contributed by atoms with Crippen molar-refractivity contribution in [2.24, 2.45) is 0 Å². The van der Waals surface area contributed by atoms with Crippen LogP contribution in [0.4, 0.5) is 22.7 Å². The first kappa shape index (κ1) is 17.2. The lowest BCUT2D eigenvalue weighted by molar-refractivity contribution is 1.26. The van der Waals surface area contributed by atoms with Crippen LogP contribution < -0.4 is 22.9 Å². The van der Waals surface area contributed by atoms with E-state index in [0.717, 1.165) is 45.5 Å². The Morgan fingerprint density at radius 2 is 1.03 bits per heavy atom. The van der Waals surface area contributed by atoms with Crippen molar-refractivity contribution >= 4 is 22.7 Å². The summed E-state index contributed by atoms with van der Waals surface area (Å²) in [7, 11) is 0. The second-order valence-corrected chi connectivity index (χ2v) is 7.51. The molecule has 0 spiro atoms. The normalized spacial score (nSPS) is 11.9. The SMILES string of the molecule is Nc1ccc(-c2c(N)c(N)c3c(c2-c2ccc(N)cc2)Cc2ccccc2-3)cc1. The van der Waals surface area contributed by atoms with E-state index in [2.05, 4.69) is 18.2 Å². The van der Waals surface area contributed by atoms with Crippen LogP contribution in [0.1, 0.15) is 11.1 Å². The molecule has 8 N–H and O–H groups in total. The molecule has 4 aromatic rings. The van der Waals surface area contributed by atoms with Crippen LogP contribution >= 0.6 is 0 Å². The van der Waals surface area contributed by atoms with E-state index < -0.39 is 0 Å². The Labute approximate surface area is 169 Å². The van der Waals surface area contributed by atoms with Crippen molar-refractivity contribution in [3.63, 3.8) is 0 Å². The van der Waals surface area contributed by atoms with Crippen molar-refractivity contribution in [3.8, 4) is 33.4 Å². The molecule has 0 bridgehead atoms. The van der Waals surface area contributed by atoms with Crippen LogP contribution in [-0.4, -0.2) is 0 Å². The first-order chi connectivity index (χ1) is 14.0. The zero-order chi connectivity index (χ0) is 20.1. The molecule has 5 rings (SSSR count). The molecule has 0 atom stereocenters. The lowest BCUT2D eigenvalue weighted by atomic mass is 9.85. The van der Waals surface area contributed by atoms with E-state index >= 15 is 0 Å². The van der Waals surface area contributed by atoms with E-state index in [1.54, 1.807) is 0 Å². The summed E-state index contributed by atoms with van der Waals surface area (Å²) in [5.74, 6) is 0. The highest BCUT2D eigenvalue weighted by Crippen LogP contribution is 2.52. The molecule has 4 nitrogen and oxygen atoms in total. The molecular weight excluding hydrogens is 356 g/mol. The van der Waals surface area contributed by atoms with Crippen LogP contribution in [0.3, 0.4) is 0 Å². The van der Waals surface area contributed by atoms with E-state index in [1.165, 1.54) is 11.1 Å². The summed E-state index contributed by atoms with van der Waals surface area (Å²) in [5, 5.41) is 0. The number of fused-ring (bicyclic) bond motifs is 3. The van der Waals surface area contributed by atoms with Gasteiger partial charge >= 0.3 is 0 Å². The van der Waals surface area contributed by atoms with Gasteiger partial charge in [-0.1, -0.05) is 48.5 Å². The van der Waals surface area contributed by atoms with Crippen LogP contribution in [-0.2, 0) is 6.42 Å². The predicted octanol–water partition coefficient (Wildman–Crippen LogP) is 4.92. The van der Waals surface area contributed by atoms with Crippen molar-refractivity contribution in [1.29, 1.82) is 0 Å². The van der Waals surface area contributed by atoms with Gasteiger partial charge in [-0.2, -0.15) is 0 Å². The van der Waals surface area contributed by atoms with Gasteiger partial charge in [0.05, 0.1) is 11.4 Å². The van der Waals surface area contributed by atoms with E-state index in [4.69, 9.17) is 22.9 Å². The molecule has 0 saturated heterocycles. The Balaban J connectivity index is 1.89. The maximum Gasteiger partial charge on any atom is 0.0640 e. The first-order valence-corrected chi connectivity index (χ1v) is 9.58. The fourth-order valence-electron chi connectivity index (χ4n) is 4.35. The molecule has 4 aromatic carbocycles. The number of nitrogens with two attached hydrogens (primary N) is 4. The third kappa shape index (κ3) is 2.61. The van der Waals surface area contributed by atoms with Crippen LogP contribution in [0.15, 0.2) is 72.8 Å². The Morgan fingerprint density at radius 1 is 0.517 bits per heavy atom. The lowest BCUT2D eigenvalue weighted by Crippen LogP contribution is -2.04. The van der Waals surface area contributed by atoms with E-state index in [0.29, 0.717) is 17.1 Å². The highest BCUT2D eigenvalue weighted by atomic mass is 14.7. The Kier molecular flexibility index (Phi) is 3.74. The molecule has 0 radical (unpaired) electrons. The number of benzene rings is 4. The van der Waals surface area contributed by atoms with Gasteiger partial charge in [0.1, 0.15) is 0 Å². The molecule has 29 heavy (non-hydrogen) atoms. The van der Waals surface area contributed by atoms with Gasteiger partial charge in [0.2, 0.25) is 0 Å². The molecule has 0 heterocycles. The van der Waals surface area contributed by atoms with Crippen molar-refractivity contribution in [3.05, 3.63) is 83.9 Å². The third-order valence-corrected chi connectivity index (χ3v) is 5.74. The molecule has 0 aromatic heterocycles. The van der Waals surface area contributed by atoms with Gasteiger partial charge in [-0.05, 0) is 64.1 Å². The van der Waals surface area contributed by atoms with Crippen LogP contribution in [0.5, 0.6) is 0 Å². The van der Waals surface area contributed by atoms with Gasteiger partial charge in [0.15, 0.2) is 0 Å². The highest BCUT2D eigenvalue weighted by molar-refractivity contribution is 6.06. The summed E-state index contributed by atoms with van der Waals surface area (Å²) in [5.41, 5.74) is 36.6. The number of hydrogen-bond acceptors (Lipinski definition) is 4. The van der Waals surface area contributed by atoms with Crippen LogP contribution in [0.2, 0.25) is 0 Å². The molecule has 0 saturated carbocycles. The van der Waals surface area contributed by atoms with Gasteiger partial charge in [-0.15, -0.1) is 0 Å².